The van der Waals surface area contributed by atoms with Crippen molar-refractivity contribution in [2.45, 2.75) is 25.5 Å². The minimum absolute atomic E-state index is 0.125. The second-order valence-corrected chi connectivity index (χ2v) is 5.14. The summed E-state index contributed by atoms with van der Waals surface area (Å²) in [5.41, 5.74) is 0.456. The summed E-state index contributed by atoms with van der Waals surface area (Å²) in [6.07, 6.45) is 0.960. The summed E-state index contributed by atoms with van der Waals surface area (Å²) in [4.78, 5) is 2.32. The average molecular weight is 284 g/mol. The van der Waals surface area contributed by atoms with Crippen molar-refractivity contribution in [2.24, 2.45) is 0 Å². The first kappa shape index (κ1) is 15.4. The SMILES string of the molecule is CCCN1CCOC(C(NC)c2ccc(F)cc2F)C1. The molecule has 0 saturated carbocycles. The Morgan fingerprint density at radius 2 is 2.25 bits per heavy atom. The van der Waals surface area contributed by atoms with Gasteiger partial charge in [-0.15, -0.1) is 0 Å². The summed E-state index contributed by atoms with van der Waals surface area (Å²) in [5.74, 6) is -1.08. The van der Waals surface area contributed by atoms with E-state index >= 15 is 0 Å². The van der Waals surface area contributed by atoms with Crippen molar-refractivity contribution in [3.05, 3.63) is 35.4 Å². The second kappa shape index (κ2) is 7.11. The quantitative estimate of drug-likeness (QED) is 0.898. The minimum atomic E-state index is -0.557. The maximum absolute atomic E-state index is 13.9. The van der Waals surface area contributed by atoms with Crippen molar-refractivity contribution in [3.63, 3.8) is 0 Å². The number of rotatable bonds is 5. The number of hydrogen-bond acceptors (Lipinski definition) is 3. The number of likely N-dealkylation sites (N-methyl/N-ethyl adjacent to an activating group) is 1. The van der Waals surface area contributed by atoms with Gasteiger partial charge in [0.2, 0.25) is 0 Å². The van der Waals surface area contributed by atoms with Crippen LogP contribution in [0.3, 0.4) is 0 Å². The van der Waals surface area contributed by atoms with Crippen LogP contribution in [0.25, 0.3) is 0 Å². The topological polar surface area (TPSA) is 24.5 Å². The smallest absolute Gasteiger partial charge is 0.130 e. The molecule has 0 aromatic heterocycles. The molecule has 1 fully saturated rings. The van der Waals surface area contributed by atoms with Gasteiger partial charge in [0.05, 0.1) is 18.8 Å². The predicted octanol–water partition coefficient (Wildman–Crippen LogP) is 2.34. The van der Waals surface area contributed by atoms with E-state index in [2.05, 4.69) is 17.1 Å². The lowest BCUT2D eigenvalue weighted by molar-refractivity contribution is -0.0464. The summed E-state index contributed by atoms with van der Waals surface area (Å²) in [5, 5.41) is 3.10. The number of morpholine rings is 1. The monoisotopic (exact) mass is 284 g/mol. The van der Waals surface area contributed by atoms with Crippen LogP contribution in [0.2, 0.25) is 0 Å². The number of nitrogens with one attached hydrogen (secondary N) is 1. The van der Waals surface area contributed by atoms with E-state index in [4.69, 9.17) is 4.74 Å². The van der Waals surface area contributed by atoms with E-state index in [1.165, 1.54) is 12.1 Å². The molecule has 1 aliphatic rings. The zero-order valence-electron chi connectivity index (χ0n) is 12.0. The van der Waals surface area contributed by atoms with Crippen molar-refractivity contribution in [2.75, 3.05) is 33.3 Å². The van der Waals surface area contributed by atoms with Gasteiger partial charge in [0.15, 0.2) is 0 Å². The highest BCUT2D eigenvalue weighted by Crippen LogP contribution is 2.25. The Hall–Kier alpha value is -1.04. The fourth-order valence-electron chi connectivity index (χ4n) is 2.75. The Morgan fingerprint density at radius 1 is 1.45 bits per heavy atom. The summed E-state index contributed by atoms with van der Waals surface area (Å²) >= 11 is 0. The fourth-order valence-corrected chi connectivity index (χ4v) is 2.75. The van der Waals surface area contributed by atoms with Gasteiger partial charge in [-0.25, -0.2) is 8.78 Å². The molecule has 2 rings (SSSR count). The summed E-state index contributed by atoms with van der Waals surface area (Å²) in [7, 11) is 1.77. The normalized spacial score (nSPS) is 21.9. The largest absolute Gasteiger partial charge is 0.374 e. The van der Waals surface area contributed by atoms with Gasteiger partial charge in [-0.2, -0.15) is 0 Å². The lowest BCUT2D eigenvalue weighted by atomic mass is 9.99. The maximum atomic E-state index is 13.9. The number of benzene rings is 1. The van der Waals surface area contributed by atoms with E-state index in [9.17, 15) is 8.78 Å². The lowest BCUT2D eigenvalue weighted by Gasteiger charge is -2.37. The van der Waals surface area contributed by atoms with E-state index in [-0.39, 0.29) is 12.1 Å². The Bertz CT molecular complexity index is 440. The molecule has 1 aliphatic heterocycles. The minimum Gasteiger partial charge on any atom is -0.374 e. The van der Waals surface area contributed by atoms with Crippen LogP contribution in [0.5, 0.6) is 0 Å². The zero-order chi connectivity index (χ0) is 14.5. The molecule has 0 amide bonds. The highest BCUT2D eigenvalue weighted by Gasteiger charge is 2.29. The van der Waals surface area contributed by atoms with Crippen molar-refractivity contribution in [1.29, 1.82) is 0 Å². The Morgan fingerprint density at radius 3 is 2.90 bits per heavy atom. The molecule has 0 radical (unpaired) electrons. The molecule has 20 heavy (non-hydrogen) atoms. The van der Waals surface area contributed by atoms with Crippen molar-refractivity contribution < 1.29 is 13.5 Å². The highest BCUT2D eigenvalue weighted by molar-refractivity contribution is 5.23. The van der Waals surface area contributed by atoms with Gasteiger partial charge < -0.3 is 10.1 Å². The standard InChI is InChI=1S/C15H22F2N2O/c1-3-6-19-7-8-20-14(10-19)15(18-2)12-5-4-11(16)9-13(12)17/h4-5,9,14-15,18H,3,6-8,10H2,1-2H3. The number of nitrogens with zero attached hydrogens (tertiary/aromatic N) is 1. The molecule has 0 aliphatic carbocycles. The van der Waals surface area contributed by atoms with Crippen LogP contribution in [0.1, 0.15) is 24.9 Å². The molecule has 5 heteroatoms. The van der Waals surface area contributed by atoms with Crippen molar-refractivity contribution in [1.82, 2.24) is 10.2 Å². The molecule has 0 spiro atoms. The summed E-state index contributed by atoms with van der Waals surface area (Å²) in [6.45, 7) is 5.47. The first-order valence-electron chi connectivity index (χ1n) is 7.12. The number of hydrogen-bond donors (Lipinski definition) is 1. The predicted molar refractivity (Wildman–Crippen MR) is 74.6 cm³/mol. The third-order valence-electron chi connectivity index (χ3n) is 3.70. The van der Waals surface area contributed by atoms with Crippen molar-refractivity contribution in [3.8, 4) is 0 Å². The third-order valence-corrected chi connectivity index (χ3v) is 3.70. The zero-order valence-corrected chi connectivity index (χ0v) is 12.0. The number of halogens is 2. The molecular weight excluding hydrogens is 262 g/mol. The van der Waals surface area contributed by atoms with E-state index in [0.717, 1.165) is 32.1 Å². The molecule has 3 nitrogen and oxygen atoms in total. The van der Waals surface area contributed by atoms with Gasteiger partial charge in [0.1, 0.15) is 11.6 Å². The highest BCUT2D eigenvalue weighted by atomic mass is 19.1. The fraction of sp³-hybridized carbons (Fsp3) is 0.600. The Kier molecular flexibility index (Phi) is 5.46. The summed E-state index contributed by atoms with van der Waals surface area (Å²) < 4.78 is 32.7. The van der Waals surface area contributed by atoms with E-state index in [0.29, 0.717) is 12.2 Å². The van der Waals surface area contributed by atoms with Gasteiger partial charge in [0, 0.05) is 24.7 Å². The molecule has 1 aromatic rings. The van der Waals surface area contributed by atoms with Gasteiger partial charge in [-0.1, -0.05) is 13.0 Å². The van der Waals surface area contributed by atoms with E-state index in [1.54, 1.807) is 7.05 Å². The van der Waals surface area contributed by atoms with Crippen molar-refractivity contribution >= 4 is 0 Å². The van der Waals surface area contributed by atoms with Crippen LogP contribution in [-0.4, -0.2) is 44.3 Å². The van der Waals surface area contributed by atoms with Gasteiger partial charge in [-0.3, -0.25) is 4.90 Å². The van der Waals surface area contributed by atoms with E-state index in [1.807, 2.05) is 0 Å². The van der Waals surface area contributed by atoms with Gasteiger partial charge >= 0.3 is 0 Å². The third kappa shape index (κ3) is 3.53. The van der Waals surface area contributed by atoms with E-state index < -0.39 is 11.6 Å². The Labute approximate surface area is 118 Å². The van der Waals surface area contributed by atoms with Crippen LogP contribution >= 0.6 is 0 Å². The maximum Gasteiger partial charge on any atom is 0.130 e. The van der Waals surface area contributed by atoms with Crippen LogP contribution in [0.4, 0.5) is 8.78 Å². The molecular formula is C15H22F2N2O. The average Bonchev–Trinajstić information content (AvgIpc) is 2.43. The van der Waals surface area contributed by atoms with Gasteiger partial charge in [0.25, 0.3) is 0 Å². The molecule has 1 N–H and O–H groups in total. The first-order valence-corrected chi connectivity index (χ1v) is 7.12. The lowest BCUT2D eigenvalue weighted by Crippen LogP contribution is -2.48. The number of ether oxygens (including phenoxy) is 1. The van der Waals surface area contributed by atoms with Crippen LogP contribution in [-0.2, 0) is 4.74 Å². The van der Waals surface area contributed by atoms with Crippen LogP contribution in [0, 0.1) is 11.6 Å². The molecule has 0 bridgehead atoms. The molecule has 2 atom stereocenters. The van der Waals surface area contributed by atoms with Crippen LogP contribution < -0.4 is 5.32 Å². The second-order valence-electron chi connectivity index (χ2n) is 5.14. The molecule has 112 valence electrons. The molecule has 2 unspecified atom stereocenters. The van der Waals surface area contributed by atoms with Crippen LogP contribution in [0.15, 0.2) is 18.2 Å². The van der Waals surface area contributed by atoms with Gasteiger partial charge in [-0.05, 0) is 26.1 Å². The summed E-state index contributed by atoms with van der Waals surface area (Å²) in [6, 6.07) is 3.44. The molecule has 1 aromatic carbocycles. The Balaban J connectivity index is 2.14. The first-order chi connectivity index (χ1) is 9.65. The molecule has 1 heterocycles. The molecule has 1 saturated heterocycles.